The fourth-order valence-electron chi connectivity index (χ4n) is 3.99. The fourth-order valence-corrected chi connectivity index (χ4v) is 5.33. The molecule has 0 saturated carbocycles. The van der Waals surface area contributed by atoms with Gasteiger partial charge in [0.2, 0.25) is 5.69 Å². The zero-order chi connectivity index (χ0) is 24.1. The van der Waals surface area contributed by atoms with Gasteiger partial charge in [0.25, 0.3) is 20.2 Å². The van der Waals surface area contributed by atoms with E-state index >= 15 is 0 Å². The Bertz CT molecular complexity index is 1400. The summed E-state index contributed by atoms with van der Waals surface area (Å²) in [6.45, 7) is 5.67. The van der Waals surface area contributed by atoms with Crippen LogP contribution in [-0.2, 0) is 30.4 Å². The Morgan fingerprint density at radius 1 is 1.06 bits per heavy atom. The minimum atomic E-state index is -4.78. The lowest BCUT2D eigenvalue weighted by atomic mass is 9.80. The van der Waals surface area contributed by atoms with Gasteiger partial charge in [0.15, 0.2) is 11.9 Å². The highest BCUT2D eigenvalue weighted by atomic mass is 32.2. The lowest BCUT2D eigenvalue weighted by Crippen LogP contribution is -2.25. The summed E-state index contributed by atoms with van der Waals surface area (Å²) in [6, 6.07) is 5.09. The minimum Gasteiger partial charge on any atom is -0.481 e. The molecule has 11 heteroatoms. The Morgan fingerprint density at radius 2 is 1.72 bits per heavy atom. The first-order valence-corrected chi connectivity index (χ1v) is 12.6. The molecule has 3 rings (SSSR count). The number of fused-ring (bicyclic) bond motifs is 3. The van der Waals surface area contributed by atoms with Crippen molar-refractivity contribution in [2.24, 2.45) is 0 Å². The van der Waals surface area contributed by atoms with E-state index in [1.54, 1.807) is 12.3 Å². The lowest BCUT2D eigenvalue weighted by Gasteiger charge is -2.18. The molecule has 0 spiro atoms. The maximum Gasteiger partial charge on any atom is 0.303 e. The first-order chi connectivity index (χ1) is 14.7. The van der Waals surface area contributed by atoms with Crippen molar-refractivity contribution in [3.63, 3.8) is 0 Å². The molecule has 0 saturated heterocycles. The number of nitrogens with zero attached hydrogens (tertiary/aromatic N) is 1. The molecule has 0 aromatic heterocycles. The predicted molar refractivity (Wildman–Crippen MR) is 118 cm³/mol. The number of carboxylic acid groups (broad SMARTS) is 1. The molecule has 32 heavy (non-hydrogen) atoms. The van der Waals surface area contributed by atoms with Crippen LogP contribution in [0.5, 0.6) is 0 Å². The van der Waals surface area contributed by atoms with Gasteiger partial charge in [0.1, 0.15) is 4.90 Å². The van der Waals surface area contributed by atoms with E-state index in [1.807, 2.05) is 31.4 Å². The van der Waals surface area contributed by atoms with Crippen LogP contribution >= 0.6 is 0 Å². The van der Waals surface area contributed by atoms with Crippen molar-refractivity contribution < 1.29 is 40.4 Å². The monoisotopic (exact) mass is 482 g/mol. The quantitative estimate of drug-likeness (QED) is 0.308. The fraction of sp³-hybridized carbons (Fsp3) is 0.333. The summed E-state index contributed by atoms with van der Waals surface area (Å²) in [5.41, 5.74) is 1.55. The number of hydrogen-bond donors (Lipinski definition) is 3. The highest BCUT2D eigenvalue weighted by molar-refractivity contribution is 7.86. The van der Waals surface area contributed by atoms with Gasteiger partial charge in [-0.05, 0) is 56.4 Å². The van der Waals surface area contributed by atoms with Crippen molar-refractivity contribution in [3.8, 4) is 0 Å². The Hall–Kier alpha value is -2.60. The van der Waals surface area contributed by atoms with E-state index in [4.69, 9.17) is 5.11 Å². The van der Waals surface area contributed by atoms with Gasteiger partial charge in [0.05, 0.1) is 10.3 Å². The summed E-state index contributed by atoms with van der Waals surface area (Å²) in [6.07, 6.45) is 4.70. The summed E-state index contributed by atoms with van der Waals surface area (Å²) in [5.74, 6) is -0.871. The van der Waals surface area contributed by atoms with Crippen molar-refractivity contribution in [1.29, 1.82) is 0 Å². The van der Waals surface area contributed by atoms with Gasteiger partial charge in [-0.15, -0.1) is 0 Å². The molecule has 1 aliphatic rings. The SMILES string of the molecule is CC1=[N+](C=CCCCC(=O)O)c2ccc3c(S(=O)(=O)O)cc(S(=O)(=O)O)cc3c2C1(C)C. The van der Waals surface area contributed by atoms with Crippen LogP contribution in [0.15, 0.2) is 46.3 Å². The number of benzene rings is 2. The van der Waals surface area contributed by atoms with Crippen LogP contribution in [0.1, 0.15) is 45.6 Å². The number of unbranched alkanes of at least 4 members (excludes halogenated alkanes) is 1. The largest absolute Gasteiger partial charge is 0.481 e. The average molecular weight is 483 g/mol. The van der Waals surface area contributed by atoms with Crippen molar-refractivity contribution in [3.05, 3.63) is 42.1 Å². The minimum absolute atomic E-state index is 0.0522. The first-order valence-electron chi connectivity index (χ1n) is 9.73. The molecule has 0 amide bonds. The van der Waals surface area contributed by atoms with E-state index < -0.39 is 41.4 Å². The van der Waals surface area contributed by atoms with Gasteiger partial charge < -0.3 is 5.11 Å². The second-order valence-electron chi connectivity index (χ2n) is 8.18. The van der Waals surface area contributed by atoms with Gasteiger partial charge >= 0.3 is 5.97 Å². The van der Waals surface area contributed by atoms with E-state index in [1.165, 1.54) is 12.1 Å². The van der Waals surface area contributed by atoms with Crippen LogP contribution < -0.4 is 0 Å². The number of carbonyl (C=O) groups is 1. The molecular weight excluding hydrogens is 458 g/mol. The number of rotatable bonds is 7. The number of aliphatic carboxylic acids is 1. The molecule has 1 heterocycles. The molecule has 2 aromatic carbocycles. The predicted octanol–water partition coefficient (Wildman–Crippen LogP) is 3.50. The summed E-state index contributed by atoms with van der Waals surface area (Å²) >= 11 is 0. The average Bonchev–Trinajstić information content (AvgIpc) is 2.85. The molecule has 2 aromatic rings. The van der Waals surface area contributed by atoms with Crippen LogP contribution in [0.25, 0.3) is 10.8 Å². The number of allylic oxidation sites excluding steroid dienone is 1. The summed E-state index contributed by atoms with van der Waals surface area (Å²) in [5, 5.41) is 9.17. The van der Waals surface area contributed by atoms with Crippen LogP contribution in [0.2, 0.25) is 0 Å². The van der Waals surface area contributed by atoms with E-state index in [0.29, 0.717) is 24.1 Å². The molecule has 9 nitrogen and oxygen atoms in total. The molecule has 0 aliphatic carbocycles. The summed E-state index contributed by atoms with van der Waals surface area (Å²) in [7, 11) is -9.52. The Morgan fingerprint density at radius 3 is 2.28 bits per heavy atom. The lowest BCUT2D eigenvalue weighted by molar-refractivity contribution is -0.358. The van der Waals surface area contributed by atoms with Crippen molar-refractivity contribution in [2.75, 3.05) is 0 Å². The van der Waals surface area contributed by atoms with Crippen molar-refractivity contribution >= 4 is 48.4 Å². The highest BCUT2D eigenvalue weighted by Gasteiger charge is 2.44. The Balaban J connectivity index is 2.26. The molecule has 0 atom stereocenters. The summed E-state index contributed by atoms with van der Waals surface area (Å²) in [4.78, 5) is 9.43. The van der Waals surface area contributed by atoms with E-state index in [9.17, 15) is 30.7 Å². The molecule has 0 unspecified atom stereocenters. The normalized spacial score (nSPS) is 16.2. The second kappa shape index (κ2) is 8.07. The highest BCUT2D eigenvalue weighted by Crippen LogP contribution is 2.45. The van der Waals surface area contributed by atoms with Crippen molar-refractivity contribution in [1.82, 2.24) is 0 Å². The molecule has 172 valence electrons. The number of carboxylic acids is 1. The smallest absolute Gasteiger partial charge is 0.303 e. The molecular formula is C21H24NO8S2+. The van der Waals surface area contributed by atoms with Gasteiger partial charge in [-0.2, -0.15) is 21.4 Å². The van der Waals surface area contributed by atoms with E-state index in [0.717, 1.165) is 11.8 Å². The molecule has 3 N–H and O–H groups in total. The molecule has 0 bridgehead atoms. The Kier molecular flexibility index (Phi) is 6.07. The van der Waals surface area contributed by atoms with E-state index in [2.05, 4.69) is 0 Å². The third-order valence-electron chi connectivity index (χ3n) is 5.79. The maximum absolute atomic E-state index is 12.0. The zero-order valence-corrected chi connectivity index (χ0v) is 19.4. The third kappa shape index (κ3) is 4.33. The maximum atomic E-state index is 12.0. The summed E-state index contributed by atoms with van der Waals surface area (Å²) < 4.78 is 68.7. The van der Waals surface area contributed by atoms with Crippen LogP contribution in [-0.4, -0.2) is 47.3 Å². The second-order valence-corrected chi connectivity index (χ2v) is 11.0. The first kappa shape index (κ1) is 24.1. The van der Waals surface area contributed by atoms with E-state index in [-0.39, 0.29) is 17.2 Å². The van der Waals surface area contributed by atoms with Gasteiger partial charge in [-0.1, -0.05) is 0 Å². The molecule has 0 fully saturated rings. The van der Waals surface area contributed by atoms with Gasteiger partial charge in [-0.3, -0.25) is 13.9 Å². The van der Waals surface area contributed by atoms with Crippen LogP contribution in [0.3, 0.4) is 0 Å². The topological polar surface area (TPSA) is 149 Å². The standard InChI is InChI=1S/C21H23NO8S2/c1-13-21(2,3)20-16-11-14(31(25,26)27)12-18(32(28,29)30)15(16)8-9-17(20)22(13)10-6-4-5-7-19(23)24/h6,8-12H,4-5,7H2,1-3H3,(H2-,23,24,25,26,27,28,29,30)/p+1. The van der Waals surface area contributed by atoms with Gasteiger partial charge in [-0.25, -0.2) is 0 Å². The Labute approximate surface area is 186 Å². The third-order valence-corrected chi connectivity index (χ3v) is 7.52. The van der Waals surface area contributed by atoms with Crippen molar-refractivity contribution in [2.45, 2.75) is 55.2 Å². The zero-order valence-electron chi connectivity index (χ0n) is 17.7. The number of hydrogen-bond acceptors (Lipinski definition) is 5. The van der Waals surface area contributed by atoms with Crippen LogP contribution in [0, 0.1) is 0 Å². The van der Waals surface area contributed by atoms with Gasteiger partial charge in [0, 0.05) is 30.4 Å². The van der Waals surface area contributed by atoms with Crippen LogP contribution in [0.4, 0.5) is 5.69 Å². The molecule has 0 radical (unpaired) electrons. The molecule has 1 aliphatic heterocycles.